The van der Waals surface area contributed by atoms with E-state index in [0.717, 1.165) is 6.20 Å². The fourth-order valence-corrected chi connectivity index (χ4v) is 1.66. The second kappa shape index (κ2) is 5.10. The van der Waals surface area contributed by atoms with Gasteiger partial charge in [0.1, 0.15) is 16.7 Å². The lowest BCUT2D eigenvalue weighted by Gasteiger charge is -2.07. The second-order valence-electron chi connectivity index (χ2n) is 3.39. The fourth-order valence-electron chi connectivity index (χ4n) is 1.51. The first-order valence-corrected chi connectivity index (χ1v) is 5.35. The number of aldehydes is 1. The van der Waals surface area contributed by atoms with Gasteiger partial charge in [-0.15, -0.1) is 0 Å². The van der Waals surface area contributed by atoms with Crippen molar-refractivity contribution >= 4 is 17.9 Å². The monoisotopic (exact) mass is 266 g/mol. The van der Waals surface area contributed by atoms with E-state index in [4.69, 9.17) is 16.3 Å². The van der Waals surface area contributed by atoms with Crippen LogP contribution in [0.1, 0.15) is 10.5 Å². The van der Waals surface area contributed by atoms with Crippen molar-refractivity contribution in [2.24, 2.45) is 0 Å². The first-order chi connectivity index (χ1) is 8.65. The fraction of sp³-hybridized carbons (Fsp3) is 0.0833. The zero-order chi connectivity index (χ0) is 13.1. The van der Waals surface area contributed by atoms with Crippen molar-refractivity contribution in [2.75, 3.05) is 7.11 Å². The Labute approximate surface area is 107 Å². The highest BCUT2D eigenvalue weighted by atomic mass is 35.5. The van der Waals surface area contributed by atoms with Gasteiger partial charge >= 0.3 is 0 Å². The van der Waals surface area contributed by atoms with Crippen LogP contribution >= 0.6 is 11.6 Å². The third kappa shape index (κ3) is 2.31. The Kier molecular flexibility index (Phi) is 3.53. The van der Waals surface area contributed by atoms with E-state index in [1.165, 1.54) is 25.3 Å². The average molecular weight is 267 g/mol. The van der Waals surface area contributed by atoms with E-state index in [1.54, 1.807) is 0 Å². The van der Waals surface area contributed by atoms with Crippen LogP contribution in [0.25, 0.3) is 11.1 Å². The lowest BCUT2D eigenvalue weighted by molar-refractivity contribution is 0.111. The van der Waals surface area contributed by atoms with Crippen LogP contribution in [0, 0.1) is 5.82 Å². The van der Waals surface area contributed by atoms with Crippen molar-refractivity contribution in [3.63, 3.8) is 0 Å². The normalized spacial score (nSPS) is 10.2. The Balaban J connectivity index is 2.64. The van der Waals surface area contributed by atoms with Crippen LogP contribution in [0.2, 0.25) is 5.15 Å². The van der Waals surface area contributed by atoms with Crippen molar-refractivity contribution < 1.29 is 13.9 Å². The number of carbonyl (C=O) groups is 1. The largest absolute Gasteiger partial charge is 0.481 e. The molecule has 0 atom stereocenters. The smallest absolute Gasteiger partial charge is 0.213 e. The Morgan fingerprint density at radius 3 is 2.83 bits per heavy atom. The summed E-state index contributed by atoms with van der Waals surface area (Å²) in [6.07, 6.45) is 1.55. The summed E-state index contributed by atoms with van der Waals surface area (Å²) >= 11 is 5.68. The highest BCUT2D eigenvalue weighted by Gasteiger charge is 2.13. The minimum Gasteiger partial charge on any atom is -0.481 e. The van der Waals surface area contributed by atoms with E-state index >= 15 is 0 Å². The van der Waals surface area contributed by atoms with Gasteiger partial charge in [0.25, 0.3) is 0 Å². The predicted molar refractivity (Wildman–Crippen MR) is 64.4 cm³/mol. The van der Waals surface area contributed by atoms with Gasteiger partial charge in [-0.05, 0) is 12.1 Å². The number of hydrogen-bond donors (Lipinski definition) is 0. The molecule has 0 unspecified atom stereocenters. The molecule has 0 aliphatic rings. The van der Waals surface area contributed by atoms with Crippen molar-refractivity contribution in [2.45, 2.75) is 0 Å². The van der Waals surface area contributed by atoms with Gasteiger partial charge in [-0.3, -0.25) is 4.79 Å². The van der Waals surface area contributed by atoms with Gasteiger partial charge in [-0.2, -0.15) is 0 Å². The number of aromatic nitrogens is 2. The van der Waals surface area contributed by atoms with Gasteiger partial charge in [0, 0.05) is 17.2 Å². The molecule has 0 bridgehead atoms. The number of halogens is 2. The molecule has 0 N–H and O–H groups in total. The Bertz CT molecular complexity index is 605. The van der Waals surface area contributed by atoms with Gasteiger partial charge in [0.2, 0.25) is 5.88 Å². The predicted octanol–water partition coefficient (Wildman–Crippen LogP) is 2.76. The summed E-state index contributed by atoms with van der Waals surface area (Å²) < 4.78 is 18.6. The van der Waals surface area contributed by atoms with E-state index in [-0.39, 0.29) is 22.3 Å². The van der Waals surface area contributed by atoms with Gasteiger partial charge in [0.15, 0.2) is 6.29 Å². The van der Waals surface area contributed by atoms with Crippen LogP contribution in [0.5, 0.6) is 5.88 Å². The molecule has 2 rings (SSSR count). The third-order valence-corrected chi connectivity index (χ3v) is 2.54. The number of nitrogens with zero attached hydrogens (tertiary/aromatic N) is 2. The first-order valence-electron chi connectivity index (χ1n) is 4.97. The zero-order valence-electron chi connectivity index (χ0n) is 9.35. The number of methoxy groups -OCH3 is 1. The molecule has 92 valence electrons. The summed E-state index contributed by atoms with van der Waals surface area (Å²) in [6.45, 7) is 0. The third-order valence-electron chi connectivity index (χ3n) is 2.33. The van der Waals surface area contributed by atoms with E-state index in [2.05, 4.69) is 9.97 Å². The molecule has 0 saturated heterocycles. The number of carbonyl (C=O) groups excluding carboxylic acids is 1. The molecule has 0 saturated carbocycles. The summed E-state index contributed by atoms with van der Waals surface area (Å²) in [4.78, 5) is 18.5. The van der Waals surface area contributed by atoms with Gasteiger partial charge in [0.05, 0.1) is 13.3 Å². The highest BCUT2D eigenvalue weighted by molar-refractivity contribution is 6.29. The lowest BCUT2D eigenvalue weighted by atomic mass is 10.1. The molecule has 2 aromatic rings. The molecule has 0 aromatic carbocycles. The summed E-state index contributed by atoms with van der Waals surface area (Å²) in [6, 6.07) is 4.40. The number of rotatable bonds is 3. The molecule has 6 heteroatoms. The van der Waals surface area contributed by atoms with E-state index in [9.17, 15) is 9.18 Å². The molecule has 0 radical (unpaired) electrons. The zero-order valence-corrected chi connectivity index (χ0v) is 10.1. The lowest BCUT2D eigenvalue weighted by Crippen LogP contribution is -1.97. The molecule has 18 heavy (non-hydrogen) atoms. The van der Waals surface area contributed by atoms with Crippen LogP contribution in [-0.4, -0.2) is 23.4 Å². The maximum Gasteiger partial charge on any atom is 0.213 e. The van der Waals surface area contributed by atoms with Crippen LogP contribution in [0.4, 0.5) is 4.39 Å². The molecule has 0 spiro atoms. The quantitative estimate of drug-likeness (QED) is 0.633. The van der Waals surface area contributed by atoms with Crippen molar-refractivity contribution in [3.8, 4) is 17.0 Å². The minimum atomic E-state index is -0.567. The van der Waals surface area contributed by atoms with Crippen LogP contribution in [-0.2, 0) is 0 Å². The Morgan fingerprint density at radius 2 is 2.17 bits per heavy atom. The minimum absolute atomic E-state index is 0.0645. The van der Waals surface area contributed by atoms with E-state index in [1.807, 2.05) is 0 Å². The molecular weight excluding hydrogens is 259 g/mol. The molecule has 4 nitrogen and oxygen atoms in total. The van der Waals surface area contributed by atoms with Gasteiger partial charge in [-0.25, -0.2) is 14.4 Å². The van der Waals surface area contributed by atoms with Crippen LogP contribution in [0.15, 0.2) is 24.4 Å². The summed E-state index contributed by atoms with van der Waals surface area (Å²) in [5.41, 5.74) is 0.593. The second-order valence-corrected chi connectivity index (χ2v) is 3.78. The Hall–Kier alpha value is -2.01. The summed E-state index contributed by atoms with van der Waals surface area (Å²) in [5, 5.41) is 0.169. The van der Waals surface area contributed by atoms with Crippen molar-refractivity contribution in [1.82, 2.24) is 9.97 Å². The maximum absolute atomic E-state index is 13.7. The molecule has 2 heterocycles. The molecule has 0 fully saturated rings. The standard InChI is InChI=1S/C12H8ClFN2O2/c1-18-12-4-8(9(14)5-15-12)7-2-3-11(13)16-10(7)6-17/h2-6H,1H3. The number of hydrogen-bond acceptors (Lipinski definition) is 4. The molecule has 0 aliphatic heterocycles. The first kappa shape index (κ1) is 12.4. The summed E-state index contributed by atoms with van der Waals surface area (Å²) in [5.74, 6) is -0.318. The molecule has 0 amide bonds. The van der Waals surface area contributed by atoms with Crippen molar-refractivity contribution in [3.05, 3.63) is 41.1 Å². The topological polar surface area (TPSA) is 52.1 Å². The average Bonchev–Trinajstić information content (AvgIpc) is 2.39. The highest BCUT2D eigenvalue weighted by Crippen LogP contribution is 2.27. The van der Waals surface area contributed by atoms with E-state index in [0.29, 0.717) is 11.8 Å². The summed E-state index contributed by atoms with van der Waals surface area (Å²) in [7, 11) is 1.42. The molecular formula is C12H8ClFN2O2. The van der Waals surface area contributed by atoms with Crippen LogP contribution in [0.3, 0.4) is 0 Å². The SMILES string of the molecule is COc1cc(-c2ccc(Cl)nc2C=O)c(F)cn1. The number of ether oxygens (including phenoxy) is 1. The molecule has 2 aromatic heterocycles. The van der Waals surface area contributed by atoms with Crippen molar-refractivity contribution in [1.29, 1.82) is 0 Å². The Morgan fingerprint density at radius 1 is 1.39 bits per heavy atom. The maximum atomic E-state index is 13.7. The van der Waals surface area contributed by atoms with Gasteiger partial charge in [-0.1, -0.05) is 11.6 Å². The molecule has 0 aliphatic carbocycles. The van der Waals surface area contributed by atoms with E-state index < -0.39 is 5.82 Å². The number of pyridine rings is 2. The van der Waals surface area contributed by atoms with Gasteiger partial charge < -0.3 is 4.74 Å². The van der Waals surface area contributed by atoms with Crippen LogP contribution < -0.4 is 4.74 Å².